The van der Waals surface area contributed by atoms with Gasteiger partial charge >= 0.3 is 0 Å². The summed E-state index contributed by atoms with van der Waals surface area (Å²) in [4.78, 5) is 9.25. The van der Waals surface area contributed by atoms with Crippen LogP contribution in [0.1, 0.15) is 84.6 Å². The topological polar surface area (TPSA) is 48.6 Å². The Hall–Kier alpha value is -2.51. The maximum Gasteiger partial charge on any atom is 0.128 e. The van der Waals surface area contributed by atoms with Gasteiger partial charge in [0.2, 0.25) is 0 Å². The van der Waals surface area contributed by atoms with Gasteiger partial charge in [-0.3, -0.25) is 0 Å². The summed E-state index contributed by atoms with van der Waals surface area (Å²) in [6.45, 7) is 19.3. The highest BCUT2D eigenvalue weighted by Gasteiger charge is 2.26. The number of rotatable bonds is 5. The summed E-state index contributed by atoms with van der Waals surface area (Å²) in [6.07, 6.45) is 1.37. The zero-order valence-electron chi connectivity index (χ0n) is 20.1. The van der Waals surface area contributed by atoms with Crippen LogP contribution in [-0.4, -0.2) is 12.2 Å². The van der Waals surface area contributed by atoms with Crippen LogP contribution in [-0.2, 0) is 21.9 Å². The van der Waals surface area contributed by atoms with Gasteiger partial charge in [0.15, 0.2) is 0 Å². The second-order valence-electron chi connectivity index (χ2n) is 10.8. The van der Waals surface area contributed by atoms with Crippen LogP contribution < -0.4 is 0 Å². The highest BCUT2D eigenvalue weighted by Crippen LogP contribution is 2.31. The summed E-state index contributed by atoms with van der Waals surface area (Å²) in [6, 6.07) is 19.8. The van der Waals surface area contributed by atoms with E-state index in [2.05, 4.69) is 108 Å². The molecule has 0 aliphatic rings. The minimum absolute atomic E-state index is 0.0385. The maximum atomic E-state index is 8.02. The Morgan fingerprint density at radius 1 is 0.667 bits per heavy atom. The van der Waals surface area contributed by atoms with Gasteiger partial charge in [-0.15, -0.1) is 0 Å². The van der Waals surface area contributed by atoms with E-state index < -0.39 is 11.1 Å². The normalized spacial score (nSPS) is 14.4. The van der Waals surface area contributed by atoms with Crippen molar-refractivity contribution in [2.24, 2.45) is 9.98 Å². The molecule has 1 unspecified atom stereocenters. The largest absolute Gasteiger partial charge is 0.310 e. The molecule has 0 spiro atoms. The van der Waals surface area contributed by atoms with Crippen molar-refractivity contribution in [3.8, 4) is 0 Å². The van der Waals surface area contributed by atoms with Crippen LogP contribution in [0.15, 0.2) is 58.5 Å². The highest BCUT2D eigenvalue weighted by molar-refractivity contribution is 5.72. The molecule has 1 atom stereocenters. The molecular formula is C27H37N3. The van der Waals surface area contributed by atoms with E-state index in [0.717, 1.165) is 11.1 Å². The lowest BCUT2D eigenvalue weighted by Crippen LogP contribution is -2.22. The predicted octanol–water partition coefficient (Wildman–Crippen LogP) is 7.26. The van der Waals surface area contributed by atoms with E-state index in [0.29, 0.717) is 0 Å². The first-order valence-corrected chi connectivity index (χ1v) is 10.6. The van der Waals surface area contributed by atoms with Crippen molar-refractivity contribution >= 4 is 12.2 Å². The molecule has 0 radical (unpaired) electrons. The lowest BCUT2D eigenvalue weighted by molar-refractivity contribution is 0.549. The number of aliphatic imine (C=N–C) groups is 2. The van der Waals surface area contributed by atoms with Gasteiger partial charge in [0, 0.05) is 6.21 Å². The third-order valence-electron chi connectivity index (χ3n) is 5.64. The van der Waals surface area contributed by atoms with E-state index in [-0.39, 0.29) is 10.8 Å². The molecule has 0 heterocycles. The van der Waals surface area contributed by atoms with Crippen LogP contribution in [0.4, 0.5) is 0 Å². The molecule has 0 fully saturated rings. The third kappa shape index (κ3) is 5.55. The average Bonchev–Trinajstić information content (AvgIpc) is 2.66. The molecule has 160 valence electrons. The summed E-state index contributed by atoms with van der Waals surface area (Å²) in [5, 5.41) is 8.02. The van der Waals surface area contributed by atoms with Crippen LogP contribution in [0.25, 0.3) is 0 Å². The van der Waals surface area contributed by atoms with Crippen molar-refractivity contribution in [1.29, 1.82) is 5.41 Å². The quantitative estimate of drug-likeness (QED) is 0.511. The van der Waals surface area contributed by atoms with Crippen molar-refractivity contribution in [3.05, 3.63) is 70.8 Å². The van der Waals surface area contributed by atoms with Gasteiger partial charge in [-0.05, 0) is 53.9 Å². The summed E-state index contributed by atoms with van der Waals surface area (Å²) in [7, 11) is 0. The smallest absolute Gasteiger partial charge is 0.128 e. The fraction of sp³-hybridized carbons (Fsp3) is 0.481. The molecule has 0 saturated heterocycles. The molecule has 2 aromatic rings. The molecule has 0 aromatic heterocycles. The molecule has 30 heavy (non-hydrogen) atoms. The first-order chi connectivity index (χ1) is 13.7. The molecule has 1 N–H and O–H groups in total. The zero-order chi connectivity index (χ0) is 22.8. The van der Waals surface area contributed by atoms with E-state index in [1.54, 1.807) is 0 Å². The van der Waals surface area contributed by atoms with E-state index in [1.165, 1.54) is 17.3 Å². The summed E-state index contributed by atoms with van der Waals surface area (Å²) < 4.78 is 0. The first kappa shape index (κ1) is 23.8. The van der Waals surface area contributed by atoms with Crippen molar-refractivity contribution < 1.29 is 0 Å². The van der Waals surface area contributed by atoms with Crippen LogP contribution in [0, 0.1) is 5.41 Å². The Morgan fingerprint density at radius 2 is 1.10 bits per heavy atom. The lowest BCUT2D eigenvalue weighted by atomic mass is 9.83. The monoisotopic (exact) mass is 403 g/mol. The SMILES string of the molecule is CC(C)(C)c1cccc(C(C)(C)N=C=NC(C)(C=N)c2cccc(C(C)(C)C)c2)c1. The van der Waals surface area contributed by atoms with Gasteiger partial charge in [0.05, 0.1) is 11.5 Å². The Bertz CT molecular complexity index is 964. The Balaban J connectivity index is 2.41. The number of hydrogen-bond donors (Lipinski definition) is 1. The van der Waals surface area contributed by atoms with Gasteiger partial charge in [-0.2, -0.15) is 0 Å². The highest BCUT2D eigenvalue weighted by atomic mass is 14.9. The van der Waals surface area contributed by atoms with E-state index in [4.69, 9.17) is 5.41 Å². The summed E-state index contributed by atoms with van der Waals surface area (Å²) in [5.74, 6) is 0. The third-order valence-corrected chi connectivity index (χ3v) is 5.64. The van der Waals surface area contributed by atoms with Crippen LogP contribution in [0.5, 0.6) is 0 Å². The second kappa shape index (κ2) is 8.32. The van der Waals surface area contributed by atoms with E-state index in [1.807, 2.05) is 19.1 Å². The molecule has 0 bridgehead atoms. The Morgan fingerprint density at radius 3 is 1.57 bits per heavy atom. The summed E-state index contributed by atoms with van der Waals surface area (Å²) in [5.41, 5.74) is 3.47. The van der Waals surface area contributed by atoms with Gasteiger partial charge < -0.3 is 5.41 Å². The molecule has 0 amide bonds. The minimum atomic E-state index is -0.798. The lowest BCUT2D eigenvalue weighted by Gasteiger charge is -2.25. The zero-order valence-corrected chi connectivity index (χ0v) is 20.1. The molecular weight excluding hydrogens is 366 g/mol. The number of nitrogens with one attached hydrogen (secondary N) is 1. The fourth-order valence-corrected chi connectivity index (χ4v) is 3.17. The molecule has 3 nitrogen and oxygen atoms in total. The van der Waals surface area contributed by atoms with Gasteiger partial charge in [-0.1, -0.05) is 90.1 Å². The van der Waals surface area contributed by atoms with E-state index in [9.17, 15) is 0 Å². The first-order valence-electron chi connectivity index (χ1n) is 10.6. The number of benzene rings is 2. The van der Waals surface area contributed by atoms with Crippen molar-refractivity contribution in [1.82, 2.24) is 0 Å². The summed E-state index contributed by atoms with van der Waals surface area (Å²) >= 11 is 0. The predicted molar refractivity (Wildman–Crippen MR) is 129 cm³/mol. The Kier molecular flexibility index (Phi) is 6.59. The van der Waals surface area contributed by atoms with Crippen LogP contribution in [0.3, 0.4) is 0 Å². The molecule has 0 aliphatic carbocycles. The Labute approximate surface area is 182 Å². The van der Waals surface area contributed by atoms with Gasteiger partial charge in [-0.25, -0.2) is 9.98 Å². The molecule has 2 rings (SSSR count). The van der Waals surface area contributed by atoms with Crippen molar-refractivity contribution in [3.63, 3.8) is 0 Å². The average molecular weight is 404 g/mol. The second-order valence-corrected chi connectivity index (χ2v) is 10.8. The van der Waals surface area contributed by atoms with Crippen LogP contribution in [0.2, 0.25) is 0 Å². The maximum absolute atomic E-state index is 8.02. The standard InChI is InChI=1S/C27H37N3/c1-24(2,3)20-12-10-14-22(16-20)26(7,8)29-19-30-27(9,18-28)23-15-11-13-21(17-23)25(4,5)6/h10-18,28H,1-9H3. The number of nitrogens with zero attached hydrogens (tertiary/aromatic N) is 2. The van der Waals surface area contributed by atoms with E-state index >= 15 is 0 Å². The molecule has 0 aliphatic heterocycles. The van der Waals surface area contributed by atoms with Crippen molar-refractivity contribution in [2.75, 3.05) is 0 Å². The molecule has 0 saturated carbocycles. The molecule has 3 heteroatoms. The number of hydrogen-bond acceptors (Lipinski definition) is 3. The minimum Gasteiger partial charge on any atom is -0.310 e. The van der Waals surface area contributed by atoms with Crippen molar-refractivity contribution in [2.45, 2.75) is 84.2 Å². The fourth-order valence-electron chi connectivity index (χ4n) is 3.17. The van der Waals surface area contributed by atoms with Gasteiger partial charge in [0.1, 0.15) is 5.54 Å². The molecule has 2 aromatic carbocycles. The van der Waals surface area contributed by atoms with Gasteiger partial charge in [0.25, 0.3) is 0 Å². The van der Waals surface area contributed by atoms with Crippen LogP contribution >= 0.6 is 0 Å².